The van der Waals surface area contributed by atoms with Crippen LogP contribution in [0.25, 0.3) is 0 Å². The molecule has 1 amide bonds. The lowest BCUT2D eigenvalue weighted by Crippen LogP contribution is -2.37. The van der Waals surface area contributed by atoms with Crippen LogP contribution in [0.5, 0.6) is 5.75 Å². The third-order valence-electron chi connectivity index (χ3n) is 2.76. The van der Waals surface area contributed by atoms with Crippen LogP contribution in [0.2, 0.25) is 5.02 Å². The monoisotopic (exact) mass is 283 g/mol. The van der Waals surface area contributed by atoms with Crippen molar-refractivity contribution in [3.8, 4) is 5.75 Å². The summed E-state index contributed by atoms with van der Waals surface area (Å²) in [5.74, 6) is -1.35. The second kappa shape index (κ2) is 5.48. The van der Waals surface area contributed by atoms with Gasteiger partial charge in [0, 0.05) is 11.1 Å². The van der Waals surface area contributed by atoms with E-state index >= 15 is 0 Å². The first-order valence-corrected chi connectivity index (χ1v) is 6.35. The maximum absolute atomic E-state index is 11.8. The molecule has 102 valence electrons. The number of hydrogen-bond acceptors (Lipinski definition) is 4. The summed E-state index contributed by atoms with van der Waals surface area (Å²) in [7, 11) is 0. The Morgan fingerprint density at radius 3 is 2.79 bits per heavy atom. The Labute approximate surface area is 115 Å². The van der Waals surface area contributed by atoms with Gasteiger partial charge in [-0.2, -0.15) is 0 Å². The van der Waals surface area contributed by atoms with Gasteiger partial charge in [0.25, 0.3) is 5.91 Å². The van der Waals surface area contributed by atoms with Crippen molar-refractivity contribution in [1.82, 2.24) is 5.32 Å². The van der Waals surface area contributed by atoms with E-state index < -0.39 is 12.1 Å². The molecule has 2 rings (SSSR count). The first-order chi connectivity index (χ1) is 8.97. The second-order valence-electron chi connectivity index (χ2n) is 4.49. The van der Waals surface area contributed by atoms with E-state index in [1.165, 1.54) is 25.1 Å². The van der Waals surface area contributed by atoms with Gasteiger partial charge in [-0.15, -0.1) is 0 Å². The number of aromatic hydroxyl groups is 1. The van der Waals surface area contributed by atoms with E-state index in [0.29, 0.717) is 5.02 Å². The number of esters is 1. The Hall–Kier alpha value is -1.75. The predicted octanol–water partition coefficient (Wildman–Crippen LogP) is 1.87. The molecule has 1 saturated carbocycles. The fourth-order valence-electron chi connectivity index (χ4n) is 1.50. The number of benzene rings is 1. The Kier molecular flexibility index (Phi) is 3.95. The fourth-order valence-corrected chi connectivity index (χ4v) is 1.67. The lowest BCUT2D eigenvalue weighted by molar-refractivity contribution is -0.129. The molecule has 1 aliphatic carbocycles. The largest absolute Gasteiger partial charge is 0.507 e. The number of carbonyl (C=O) groups is 2. The van der Waals surface area contributed by atoms with Gasteiger partial charge in [-0.3, -0.25) is 4.79 Å². The average molecular weight is 284 g/mol. The van der Waals surface area contributed by atoms with E-state index in [9.17, 15) is 14.7 Å². The highest BCUT2D eigenvalue weighted by molar-refractivity contribution is 6.31. The lowest BCUT2D eigenvalue weighted by Gasteiger charge is -2.13. The Bertz CT molecular complexity index is 513. The lowest BCUT2D eigenvalue weighted by atomic mass is 10.2. The fraction of sp³-hybridized carbons (Fsp3) is 0.385. The maximum atomic E-state index is 11.8. The normalized spacial score (nSPS) is 15.7. The molecular formula is C13H14ClNO4. The van der Waals surface area contributed by atoms with Gasteiger partial charge < -0.3 is 15.2 Å². The molecule has 0 heterocycles. The summed E-state index contributed by atoms with van der Waals surface area (Å²) >= 11 is 5.74. The summed E-state index contributed by atoms with van der Waals surface area (Å²) in [6, 6.07) is 4.25. The summed E-state index contributed by atoms with van der Waals surface area (Å²) in [5, 5.41) is 12.6. The van der Waals surface area contributed by atoms with Crippen LogP contribution >= 0.6 is 11.6 Å². The third-order valence-corrected chi connectivity index (χ3v) is 2.99. The van der Waals surface area contributed by atoms with Crippen LogP contribution in [0.4, 0.5) is 0 Å². The molecule has 1 atom stereocenters. The van der Waals surface area contributed by atoms with Crippen LogP contribution in [0, 0.1) is 0 Å². The zero-order chi connectivity index (χ0) is 14.0. The van der Waals surface area contributed by atoms with E-state index in [2.05, 4.69) is 5.32 Å². The van der Waals surface area contributed by atoms with Gasteiger partial charge in [0.1, 0.15) is 11.3 Å². The smallest absolute Gasteiger partial charge is 0.342 e. The highest BCUT2D eigenvalue weighted by Crippen LogP contribution is 2.23. The van der Waals surface area contributed by atoms with Crippen molar-refractivity contribution < 1.29 is 19.4 Å². The van der Waals surface area contributed by atoms with E-state index in [1.807, 2.05) is 0 Å². The third kappa shape index (κ3) is 3.61. The highest BCUT2D eigenvalue weighted by atomic mass is 35.5. The molecule has 0 aromatic heterocycles. The molecule has 1 aliphatic rings. The first-order valence-electron chi connectivity index (χ1n) is 5.97. The zero-order valence-corrected chi connectivity index (χ0v) is 11.1. The quantitative estimate of drug-likeness (QED) is 0.827. The van der Waals surface area contributed by atoms with Crippen LogP contribution in [0.3, 0.4) is 0 Å². The van der Waals surface area contributed by atoms with Gasteiger partial charge in [-0.1, -0.05) is 11.6 Å². The molecule has 1 unspecified atom stereocenters. The minimum atomic E-state index is -0.911. The number of phenols is 1. The maximum Gasteiger partial charge on any atom is 0.342 e. The van der Waals surface area contributed by atoms with Gasteiger partial charge >= 0.3 is 5.97 Å². The molecule has 2 N–H and O–H groups in total. The highest BCUT2D eigenvalue weighted by Gasteiger charge is 2.27. The van der Waals surface area contributed by atoms with Crippen molar-refractivity contribution >= 4 is 23.5 Å². The first kappa shape index (κ1) is 13.7. The Balaban J connectivity index is 1.99. The number of halogens is 1. The topological polar surface area (TPSA) is 75.6 Å². The Morgan fingerprint density at radius 2 is 2.16 bits per heavy atom. The van der Waals surface area contributed by atoms with Gasteiger partial charge in [0.2, 0.25) is 0 Å². The molecule has 19 heavy (non-hydrogen) atoms. The van der Waals surface area contributed by atoms with Gasteiger partial charge in [-0.05, 0) is 38.0 Å². The number of nitrogens with one attached hydrogen (secondary N) is 1. The Morgan fingerprint density at radius 1 is 1.47 bits per heavy atom. The molecule has 0 aliphatic heterocycles. The molecule has 5 nitrogen and oxygen atoms in total. The number of carbonyl (C=O) groups excluding carboxylic acids is 2. The van der Waals surface area contributed by atoms with Crippen molar-refractivity contribution in [3.05, 3.63) is 28.8 Å². The van der Waals surface area contributed by atoms with E-state index in [-0.39, 0.29) is 23.3 Å². The van der Waals surface area contributed by atoms with Crippen LogP contribution < -0.4 is 5.32 Å². The predicted molar refractivity (Wildman–Crippen MR) is 69.2 cm³/mol. The summed E-state index contributed by atoms with van der Waals surface area (Å²) in [5.41, 5.74) is -0.0569. The SMILES string of the molecule is CC(OC(=O)c1cc(Cl)ccc1O)C(=O)NC1CC1. The summed E-state index contributed by atoms with van der Waals surface area (Å²) < 4.78 is 4.99. The molecule has 0 spiro atoms. The van der Waals surface area contributed by atoms with Crippen molar-refractivity contribution in [2.45, 2.75) is 31.9 Å². The van der Waals surface area contributed by atoms with Crippen molar-refractivity contribution in [2.75, 3.05) is 0 Å². The number of phenolic OH excluding ortho intramolecular Hbond substituents is 1. The number of ether oxygens (including phenoxy) is 1. The van der Waals surface area contributed by atoms with Crippen LogP contribution in [-0.4, -0.2) is 29.1 Å². The number of amides is 1. The summed E-state index contributed by atoms with van der Waals surface area (Å²) in [6.45, 7) is 1.48. The molecule has 0 radical (unpaired) electrons. The molecular weight excluding hydrogens is 270 g/mol. The standard InChI is InChI=1S/C13H14ClNO4/c1-7(12(17)15-9-3-4-9)19-13(18)10-6-8(14)2-5-11(10)16/h2,5-7,9,16H,3-4H2,1H3,(H,15,17). The summed E-state index contributed by atoms with van der Waals surface area (Å²) in [6.07, 6.45) is 1.01. The summed E-state index contributed by atoms with van der Waals surface area (Å²) in [4.78, 5) is 23.4. The zero-order valence-electron chi connectivity index (χ0n) is 10.4. The second-order valence-corrected chi connectivity index (χ2v) is 4.93. The molecule has 1 fully saturated rings. The molecule has 6 heteroatoms. The van der Waals surface area contributed by atoms with Gasteiger partial charge in [-0.25, -0.2) is 4.79 Å². The van der Waals surface area contributed by atoms with Crippen LogP contribution in [-0.2, 0) is 9.53 Å². The molecule has 0 bridgehead atoms. The molecule has 1 aromatic rings. The van der Waals surface area contributed by atoms with Crippen molar-refractivity contribution in [2.24, 2.45) is 0 Å². The van der Waals surface area contributed by atoms with Crippen molar-refractivity contribution in [3.63, 3.8) is 0 Å². The van der Waals surface area contributed by atoms with E-state index in [4.69, 9.17) is 16.3 Å². The minimum absolute atomic E-state index is 0.0569. The molecule has 1 aromatic carbocycles. The number of hydrogen-bond donors (Lipinski definition) is 2. The van der Waals surface area contributed by atoms with Crippen molar-refractivity contribution in [1.29, 1.82) is 0 Å². The van der Waals surface area contributed by atoms with E-state index in [1.54, 1.807) is 0 Å². The minimum Gasteiger partial charge on any atom is -0.507 e. The van der Waals surface area contributed by atoms with Gasteiger partial charge in [0.15, 0.2) is 6.10 Å². The van der Waals surface area contributed by atoms with Crippen LogP contribution in [0.15, 0.2) is 18.2 Å². The molecule has 0 saturated heterocycles. The van der Waals surface area contributed by atoms with Crippen LogP contribution in [0.1, 0.15) is 30.1 Å². The number of rotatable bonds is 4. The van der Waals surface area contributed by atoms with E-state index in [0.717, 1.165) is 12.8 Å². The van der Waals surface area contributed by atoms with Gasteiger partial charge in [0.05, 0.1) is 0 Å². The average Bonchev–Trinajstić information content (AvgIpc) is 3.15.